The Morgan fingerprint density at radius 3 is 1.90 bits per heavy atom. The van der Waals surface area contributed by atoms with E-state index in [0.717, 1.165) is 0 Å². The van der Waals surface area contributed by atoms with Gasteiger partial charge in [-0.2, -0.15) is 0 Å². The van der Waals surface area contributed by atoms with Gasteiger partial charge in [-0.1, -0.05) is 0 Å². The summed E-state index contributed by atoms with van der Waals surface area (Å²) in [6.07, 6.45) is 0. The molecule has 0 radical (unpaired) electrons. The van der Waals surface area contributed by atoms with E-state index in [1.165, 1.54) is 0 Å². The molecule has 0 aliphatic carbocycles. The van der Waals surface area contributed by atoms with Gasteiger partial charge in [0.1, 0.15) is 0 Å². The van der Waals surface area contributed by atoms with Crippen molar-refractivity contribution >= 4 is 0 Å². The summed E-state index contributed by atoms with van der Waals surface area (Å²) in [6.45, 7) is 1.25. The van der Waals surface area contributed by atoms with Gasteiger partial charge in [0.05, 0.1) is 19.8 Å². The van der Waals surface area contributed by atoms with E-state index in [1.54, 1.807) is 14.2 Å². The van der Waals surface area contributed by atoms with E-state index in [0.29, 0.717) is 13.2 Å². The first-order valence-corrected chi connectivity index (χ1v) is 2.93. The van der Waals surface area contributed by atoms with Crippen molar-refractivity contribution in [3.8, 4) is 0 Å². The fraction of sp³-hybridized carbons (Fsp3) is 1.00. The summed E-state index contributed by atoms with van der Waals surface area (Å²) in [5, 5.41) is 8.63. The molecule has 0 amide bonds. The van der Waals surface area contributed by atoms with E-state index in [2.05, 4.69) is 0 Å². The third-order valence-corrected chi connectivity index (χ3v) is 1.06. The minimum absolute atomic E-state index is 0. The molecule has 0 heterocycles. The van der Waals surface area contributed by atoms with Crippen molar-refractivity contribution in [2.24, 2.45) is 5.92 Å². The van der Waals surface area contributed by atoms with Crippen LogP contribution < -0.4 is 29.6 Å². The third kappa shape index (κ3) is 6.99. The molecule has 0 saturated heterocycles. The number of aliphatic hydroxyl groups excluding tert-OH is 1. The average molecular weight is 158 g/mol. The minimum atomic E-state index is 0. The molecule has 0 rings (SSSR count). The van der Waals surface area contributed by atoms with Gasteiger partial charge in [-0.15, -0.1) is 0 Å². The number of methoxy groups -OCH3 is 2. The Morgan fingerprint density at radius 1 is 1.30 bits per heavy atom. The van der Waals surface area contributed by atoms with Crippen molar-refractivity contribution in [1.29, 1.82) is 0 Å². The van der Waals surface area contributed by atoms with Gasteiger partial charge < -0.3 is 16.0 Å². The summed E-state index contributed by atoms with van der Waals surface area (Å²) in [7, 11) is 3.22. The molecule has 0 aliphatic rings. The molecule has 0 aliphatic heterocycles. The van der Waals surface area contributed by atoms with Gasteiger partial charge in [0.25, 0.3) is 0 Å². The molecule has 0 aromatic heterocycles. The Bertz CT molecular complexity index is 59.8. The minimum Gasteiger partial charge on any atom is -1.00 e. The van der Waals surface area contributed by atoms with Crippen LogP contribution in [0.2, 0.25) is 0 Å². The molecule has 0 saturated carbocycles. The van der Waals surface area contributed by atoms with Gasteiger partial charge in [-0.25, -0.2) is 0 Å². The summed E-state index contributed by atoms with van der Waals surface area (Å²) < 4.78 is 9.61. The van der Waals surface area contributed by atoms with Gasteiger partial charge in [0.2, 0.25) is 0 Å². The summed E-state index contributed by atoms with van der Waals surface area (Å²) in [4.78, 5) is 0. The first kappa shape index (κ1) is 13.5. The van der Waals surface area contributed by atoms with Crippen LogP contribution in [0.15, 0.2) is 0 Å². The van der Waals surface area contributed by atoms with Crippen LogP contribution in [0, 0.1) is 5.92 Å². The van der Waals surface area contributed by atoms with Gasteiger partial charge >= 0.3 is 29.6 Å². The molecule has 10 heavy (non-hydrogen) atoms. The zero-order valence-electron chi connectivity index (χ0n) is 7.96. The second-order valence-electron chi connectivity index (χ2n) is 1.96. The van der Waals surface area contributed by atoms with E-state index in [4.69, 9.17) is 14.6 Å². The Balaban J connectivity index is -0.000000320. The van der Waals surface area contributed by atoms with Gasteiger partial charge in [0.15, 0.2) is 0 Å². The smallest absolute Gasteiger partial charge is 1.00 e. The molecule has 1 N–H and O–H groups in total. The molecule has 0 bridgehead atoms. The van der Waals surface area contributed by atoms with Crippen LogP contribution in [0.25, 0.3) is 0 Å². The number of rotatable bonds is 5. The molecular formula is C6H15NaO3. The van der Waals surface area contributed by atoms with Gasteiger partial charge in [-0.3, -0.25) is 0 Å². The molecule has 0 aromatic carbocycles. The van der Waals surface area contributed by atoms with Crippen molar-refractivity contribution in [3.63, 3.8) is 0 Å². The van der Waals surface area contributed by atoms with E-state index in [-0.39, 0.29) is 43.5 Å². The average Bonchev–Trinajstić information content (AvgIpc) is 1.88. The number of hydrogen-bond acceptors (Lipinski definition) is 3. The fourth-order valence-electron chi connectivity index (χ4n) is 0.625. The largest absolute Gasteiger partial charge is 1.00 e. The van der Waals surface area contributed by atoms with Crippen molar-refractivity contribution in [2.75, 3.05) is 34.0 Å². The van der Waals surface area contributed by atoms with Crippen LogP contribution >= 0.6 is 0 Å². The maximum absolute atomic E-state index is 8.63. The van der Waals surface area contributed by atoms with E-state index in [9.17, 15) is 0 Å². The van der Waals surface area contributed by atoms with Crippen LogP contribution in [0.3, 0.4) is 0 Å². The monoisotopic (exact) mass is 158 g/mol. The van der Waals surface area contributed by atoms with Crippen LogP contribution in [0.5, 0.6) is 0 Å². The zero-order valence-corrected chi connectivity index (χ0v) is 8.96. The van der Waals surface area contributed by atoms with E-state index in [1.807, 2.05) is 0 Å². The molecular weight excluding hydrogens is 143 g/mol. The number of ether oxygens (including phenoxy) is 2. The second-order valence-corrected chi connectivity index (χ2v) is 1.96. The number of hydrogen-bond donors (Lipinski definition) is 1. The molecule has 0 aromatic rings. The van der Waals surface area contributed by atoms with Crippen LogP contribution in [0.4, 0.5) is 0 Å². The maximum Gasteiger partial charge on any atom is 1.00 e. The standard InChI is InChI=1S/C6H14O3.Na.H/c1-8-4-6(3-7)5-9-2;;/h6-7H,3-5H2,1-2H3;;/q;+1;-1. The Kier molecular flexibility index (Phi) is 13.3. The molecule has 3 nitrogen and oxygen atoms in total. The van der Waals surface area contributed by atoms with Crippen molar-refractivity contribution < 1.29 is 45.6 Å². The van der Waals surface area contributed by atoms with E-state index >= 15 is 0 Å². The summed E-state index contributed by atoms with van der Waals surface area (Å²) in [5.74, 6) is 0.125. The first-order chi connectivity index (χ1) is 4.35. The van der Waals surface area contributed by atoms with E-state index < -0.39 is 0 Å². The van der Waals surface area contributed by atoms with Gasteiger partial charge in [0, 0.05) is 20.1 Å². The van der Waals surface area contributed by atoms with Crippen molar-refractivity contribution in [3.05, 3.63) is 0 Å². The van der Waals surface area contributed by atoms with Crippen LogP contribution in [-0.2, 0) is 9.47 Å². The molecule has 0 fully saturated rings. The van der Waals surface area contributed by atoms with Crippen molar-refractivity contribution in [1.82, 2.24) is 0 Å². The fourth-order valence-corrected chi connectivity index (χ4v) is 0.625. The third-order valence-electron chi connectivity index (χ3n) is 1.06. The quantitative estimate of drug-likeness (QED) is 0.433. The maximum atomic E-state index is 8.63. The first-order valence-electron chi connectivity index (χ1n) is 2.93. The molecule has 58 valence electrons. The Labute approximate surface area is 85.5 Å². The van der Waals surface area contributed by atoms with Crippen LogP contribution in [-0.4, -0.2) is 39.1 Å². The molecule has 4 heteroatoms. The number of aliphatic hydroxyl groups is 1. The predicted octanol–water partition coefficient (Wildman–Crippen LogP) is -3.00. The Morgan fingerprint density at radius 2 is 1.70 bits per heavy atom. The Hall–Kier alpha value is 0.880. The zero-order chi connectivity index (χ0) is 7.11. The van der Waals surface area contributed by atoms with Crippen molar-refractivity contribution in [2.45, 2.75) is 0 Å². The molecule has 0 atom stereocenters. The normalized spacial score (nSPS) is 9.60. The van der Waals surface area contributed by atoms with Gasteiger partial charge in [-0.05, 0) is 0 Å². The molecule has 0 spiro atoms. The molecule has 0 unspecified atom stereocenters. The predicted molar refractivity (Wildman–Crippen MR) is 35.4 cm³/mol. The van der Waals surface area contributed by atoms with Crippen LogP contribution in [0.1, 0.15) is 1.43 Å². The summed E-state index contributed by atoms with van der Waals surface area (Å²) in [5.41, 5.74) is 0. The topological polar surface area (TPSA) is 38.7 Å². The second kappa shape index (κ2) is 9.88. The summed E-state index contributed by atoms with van der Waals surface area (Å²) >= 11 is 0. The SMILES string of the molecule is COCC(CO)COC.[H-].[Na+]. The summed E-state index contributed by atoms with van der Waals surface area (Å²) in [6, 6.07) is 0.